The summed E-state index contributed by atoms with van der Waals surface area (Å²) in [5.74, 6) is 2.08. The summed E-state index contributed by atoms with van der Waals surface area (Å²) in [7, 11) is 0. The molecule has 23 heavy (non-hydrogen) atoms. The highest BCUT2D eigenvalue weighted by Gasteiger charge is 2.32. The summed E-state index contributed by atoms with van der Waals surface area (Å²) in [6.45, 7) is 8.85. The Morgan fingerprint density at radius 3 is 2.91 bits per heavy atom. The van der Waals surface area contributed by atoms with E-state index in [9.17, 15) is 0 Å². The van der Waals surface area contributed by atoms with E-state index in [-0.39, 0.29) is 17.6 Å². The van der Waals surface area contributed by atoms with E-state index in [1.54, 1.807) is 6.20 Å². The third kappa shape index (κ3) is 3.88. The first-order chi connectivity index (χ1) is 10.9. The summed E-state index contributed by atoms with van der Waals surface area (Å²) < 4.78 is 16.8. The largest absolute Gasteiger partial charge is 0.475 e. The predicted octanol–water partition coefficient (Wildman–Crippen LogP) is 3.59. The average Bonchev–Trinajstić information content (AvgIpc) is 2.95. The molecule has 3 heterocycles. The minimum absolute atomic E-state index is 0.0699. The zero-order chi connectivity index (χ0) is 16.4. The quantitative estimate of drug-likeness (QED) is 0.858. The summed E-state index contributed by atoms with van der Waals surface area (Å²) in [5.41, 5.74) is 0.680. The molecule has 0 bridgehead atoms. The third-order valence-corrected chi connectivity index (χ3v) is 3.84. The first kappa shape index (κ1) is 15.9. The van der Waals surface area contributed by atoms with Gasteiger partial charge in [0.05, 0.1) is 11.7 Å². The summed E-state index contributed by atoms with van der Waals surface area (Å²) in [5, 5.41) is 4.17. The number of aromatic nitrogens is 3. The number of rotatable bonds is 4. The van der Waals surface area contributed by atoms with Crippen LogP contribution in [0.25, 0.3) is 11.5 Å². The molecule has 1 atom stereocenters. The Morgan fingerprint density at radius 2 is 2.17 bits per heavy atom. The molecule has 0 aliphatic carbocycles. The molecule has 0 aromatic carbocycles. The van der Waals surface area contributed by atoms with Gasteiger partial charge in [-0.25, -0.2) is 4.98 Å². The fraction of sp³-hybridized carbons (Fsp3) is 0.588. The fourth-order valence-corrected chi connectivity index (χ4v) is 2.82. The number of hydrogen-bond acceptors (Lipinski definition) is 6. The van der Waals surface area contributed by atoms with Gasteiger partial charge < -0.3 is 14.0 Å². The Balaban J connectivity index is 1.79. The van der Waals surface area contributed by atoms with Gasteiger partial charge in [0, 0.05) is 30.4 Å². The number of pyridine rings is 1. The van der Waals surface area contributed by atoms with Crippen molar-refractivity contribution in [2.75, 3.05) is 6.61 Å². The summed E-state index contributed by atoms with van der Waals surface area (Å²) in [4.78, 5) is 8.77. The van der Waals surface area contributed by atoms with Crippen LogP contribution in [0.3, 0.4) is 0 Å². The molecule has 1 fully saturated rings. The maximum absolute atomic E-state index is 5.75. The van der Waals surface area contributed by atoms with Crippen LogP contribution in [-0.2, 0) is 4.74 Å². The van der Waals surface area contributed by atoms with Gasteiger partial charge in [-0.3, -0.25) is 0 Å². The molecule has 0 radical (unpaired) electrons. The van der Waals surface area contributed by atoms with E-state index in [1.165, 1.54) is 0 Å². The van der Waals surface area contributed by atoms with Crippen LogP contribution in [0.2, 0.25) is 0 Å². The van der Waals surface area contributed by atoms with Crippen LogP contribution in [0.5, 0.6) is 5.88 Å². The molecule has 2 aromatic heterocycles. The van der Waals surface area contributed by atoms with Crippen molar-refractivity contribution in [1.82, 2.24) is 15.1 Å². The van der Waals surface area contributed by atoms with Crippen LogP contribution in [0.1, 0.15) is 52.3 Å². The molecule has 1 saturated heterocycles. The van der Waals surface area contributed by atoms with E-state index in [0.29, 0.717) is 11.8 Å². The molecule has 6 nitrogen and oxygen atoms in total. The normalized spacial score (nSPS) is 20.7. The maximum Gasteiger partial charge on any atom is 0.258 e. The van der Waals surface area contributed by atoms with Crippen LogP contribution in [-0.4, -0.2) is 33.4 Å². The molecule has 1 aliphatic heterocycles. The zero-order valence-corrected chi connectivity index (χ0v) is 14.1. The molecule has 0 spiro atoms. The smallest absolute Gasteiger partial charge is 0.258 e. The monoisotopic (exact) mass is 317 g/mol. The van der Waals surface area contributed by atoms with Crippen molar-refractivity contribution < 1.29 is 14.0 Å². The predicted molar refractivity (Wildman–Crippen MR) is 85.3 cm³/mol. The van der Waals surface area contributed by atoms with Gasteiger partial charge in [-0.2, -0.15) is 4.98 Å². The lowest BCUT2D eigenvalue weighted by Crippen LogP contribution is -2.33. The Labute approximate surface area is 136 Å². The van der Waals surface area contributed by atoms with Gasteiger partial charge in [0.15, 0.2) is 5.82 Å². The molecule has 2 aromatic rings. The molecule has 1 unspecified atom stereocenters. The summed E-state index contributed by atoms with van der Waals surface area (Å²) >= 11 is 0. The van der Waals surface area contributed by atoms with Crippen molar-refractivity contribution in [3.63, 3.8) is 0 Å². The Hall–Kier alpha value is -1.95. The van der Waals surface area contributed by atoms with Gasteiger partial charge in [-0.1, -0.05) is 5.16 Å². The zero-order valence-electron chi connectivity index (χ0n) is 14.1. The highest BCUT2D eigenvalue weighted by molar-refractivity contribution is 5.53. The Kier molecular flexibility index (Phi) is 4.35. The van der Waals surface area contributed by atoms with Crippen LogP contribution in [0, 0.1) is 0 Å². The highest BCUT2D eigenvalue weighted by atomic mass is 16.5. The van der Waals surface area contributed by atoms with Crippen molar-refractivity contribution in [3.05, 3.63) is 24.2 Å². The molecular weight excluding hydrogens is 294 g/mol. The van der Waals surface area contributed by atoms with Crippen LogP contribution < -0.4 is 4.74 Å². The van der Waals surface area contributed by atoms with Gasteiger partial charge in [-0.15, -0.1) is 0 Å². The van der Waals surface area contributed by atoms with E-state index < -0.39 is 0 Å². The second-order valence-corrected chi connectivity index (χ2v) is 6.80. The van der Waals surface area contributed by atoms with Crippen molar-refractivity contribution >= 4 is 0 Å². The molecule has 0 saturated carbocycles. The first-order valence-electron chi connectivity index (χ1n) is 8.03. The second-order valence-electron chi connectivity index (χ2n) is 6.80. The highest BCUT2D eigenvalue weighted by Crippen LogP contribution is 2.35. The lowest BCUT2D eigenvalue weighted by Gasteiger charge is -2.34. The molecule has 124 valence electrons. The van der Waals surface area contributed by atoms with Crippen molar-refractivity contribution in [1.29, 1.82) is 0 Å². The maximum atomic E-state index is 5.75. The molecule has 0 N–H and O–H groups in total. The van der Waals surface area contributed by atoms with E-state index in [2.05, 4.69) is 29.0 Å². The van der Waals surface area contributed by atoms with Crippen molar-refractivity contribution in [3.8, 4) is 17.3 Å². The minimum Gasteiger partial charge on any atom is -0.475 e. The third-order valence-electron chi connectivity index (χ3n) is 3.84. The molecule has 0 amide bonds. The van der Waals surface area contributed by atoms with Crippen LogP contribution >= 0.6 is 0 Å². The van der Waals surface area contributed by atoms with Crippen molar-refractivity contribution in [2.24, 2.45) is 0 Å². The van der Waals surface area contributed by atoms with Crippen LogP contribution in [0.4, 0.5) is 0 Å². The second kappa shape index (κ2) is 6.28. The van der Waals surface area contributed by atoms with E-state index in [0.717, 1.165) is 30.8 Å². The summed E-state index contributed by atoms with van der Waals surface area (Å²) in [6, 6.07) is 3.67. The van der Waals surface area contributed by atoms with Crippen molar-refractivity contribution in [2.45, 2.75) is 58.2 Å². The lowest BCUT2D eigenvalue weighted by molar-refractivity contribution is -0.0604. The Bertz CT molecular complexity index is 667. The van der Waals surface area contributed by atoms with Gasteiger partial charge in [-0.05, 0) is 46.6 Å². The fourth-order valence-electron chi connectivity index (χ4n) is 2.82. The summed E-state index contributed by atoms with van der Waals surface area (Å²) in [6.07, 6.45) is 3.57. The van der Waals surface area contributed by atoms with E-state index in [4.69, 9.17) is 14.0 Å². The van der Waals surface area contributed by atoms with E-state index in [1.807, 2.05) is 26.0 Å². The molecule has 6 heteroatoms. The number of ether oxygens (including phenoxy) is 2. The molecule has 3 rings (SSSR count). The van der Waals surface area contributed by atoms with Gasteiger partial charge >= 0.3 is 0 Å². The molecular formula is C17H23N3O3. The van der Waals surface area contributed by atoms with E-state index >= 15 is 0 Å². The SMILES string of the molecule is CC(C)Oc1cc(-c2nc(C3CCOC(C)(C)C3)no2)ccn1. The standard InChI is InChI=1S/C17H23N3O3/c1-11(2)22-14-9-12(5-7-18-14)16-19-15(20-23-16)13-6-8-21-17(3,4)10-13/h5,7,9,11,13H,6,8,10H2,1-4H3. The van der Waals surface area contributed by atoms with Crippen LogP contribution in [0.15, 0.2) is 22.9 Å². The van der Waals surface area contributed by atoms with Gasteiger partial charge in [0.1, 0.15) is 0 Å². The average molecular weight is 317 g/mol. The van der Waals surface area contributed by atoms with Gasteiger partial charge in [0.2, 0.25) is 5.88 Å². The number of nitrogens with zero attached hydrogens (tertiary/aromatic N) is 3. The topological polar surface area (TPSA) is 70.3 Å². The first-order valence-corrected chi connectivity index (χ1v) is 8.03. The number of hydrogen-bond donors (Lipinski definition) is 0. The molecule has 1 aliphatic rings. The van der Waals surface area contributed by atoms with Gasteiger partial charge in [0.25, 0.3) is 5.89 Å². The Morgan fingerprint density at radius 1 is 1.35 bits per heavy atom. The lowest BCUT2D eigenvalue weighted by atomic mass is 9.88. The minimum atomic E-state index is -0.140.